The number of rotatable bonds is 6. The van der Waals surface area contributed by atoms with Gasteiger partial charge in [0, 0.05) is 25.4 Å². The highest BCUT2D eigenvalue weighted by Gasteiger charge is 2.42. The molecule has 2 bridgehead atoms. The highest BCUT2D eigenvalue weighted by atomic mass is 19.4. The maximum absolute atomic E-state index is 13.6. The first kappa shape index (κ1) is 27.9. The number of aromatic nitrogens is 2. The largest absolute Gasteiger partial charge is 0.491 e. The molecule has 2 aromatic heterocycles. The molecule has 0 aromatic carbocycles. The summed E-state index contributed by atoms with van der Waals surface area (Å²) >= 11 is 0. The number of alkyl halides is 3. The lowest BCUT2D eigenvalue weighted by molar-refractivity contribution is -0.149. The third kappa shape index (κ3) is 5.77. The van der Waals surface area contributed by atoms with Gasteiger partial charge in [-0.1, -0.05) is 0 Å². The van der Waals surface area contributed by atoms with Crippen molar-refractivity contribution in [2.24, 2.45) is 0 Å². The Labute approximate surface area is 229 Å². The first-order chi connectivity index (χ1) is 18.8. The fraction of sp³-hybridized carbons (Fsp3) is 0.538. The van der Waals surface area contributed by atoms with Crippen LogP contribution in [0.15, 0.2) is 24.4 Å². The van der Waals surface area contributed by atoms with E-state index in [-0.39, 0.29) is 36.1 Å². The van der Waals surface area contributed by atoms with E-state index < -0.39 is 29.9 Å². The van der Waals surface area contributed by atoms with Crippen molar-refractivity contribution in [3.8, 4) is 5.75 Å². The van der Waals surface area contributed by atoms with Gasteiger partial charge in [0.25, 0.3) is 5.91 Å². The van der Waals surface area contributed by atoms with Crippen molar-refractivity contribution in [3.05, 3.63) is 35.7 Å². The van der Waals surface area contributed by atoms with Crippen LogP contribution >= 0.6 is 0 Å². The van der Waals surface area contributed by atoms with E-state index in [1.807, 2.05) is 19.2 Å². The first-order valence-corrected chi connectivity index (χ1v) is 13.0. The van der Waals surface area contributed by atoms with E-state index in [1.54, 1.807) is 19.1 Å². The van der Waals surface area contributed by atoms with E-state index in [0.717, 1.165) is 6.92 Å². The fourth-order valence-electron chi connectivity index (χ4n) is 5.04. The number of pyridine rings is 2. The molecule has 3 atom stereocenters. The highest BCUT2D eigenvalue weighted by molar-refractivity contribution is 6.05. The topological polar surface area (TPSA) is 118 Å². The standard InChI is InChI=1S/C26H31F3N6O5/c1-14-9-19(23(36)31-15(2)26(27,28)29)32-22-21(14)34-8-6-16(11-34)35(22)24(37)33-20-10-17(5-7-30-20)38-12-18-13-39-25(3,4)40-18/h5,7,9-10,15-16,18H,6,8,11-13H2,1-4H3,(H,31,36)(H,30,33,37)/t15?,16-,18-/m0/s1. The van der Waals surface area contributed by atoms with Gasteiger partial charge in [0.2, 0.25) is 0 Å². The predicted octanol–water partition coefficient (Wildman–Crippen LogP) is 3.63. The van der Waals surface area contributed by atoms with E-state index in [4.69, 9.17) is 14.2 Å². The Morgan fingerprint density at radius 1 is 1.30 bits per heavy atom. The predicted molar refractivity (Wildman–Crippen MR) is 139 cm³/mol. The summed E-state index contributed by atoms with van der Waals surface area (Å²) in [5.41, 5.74) is 1.08. The maximum Gasteiger partial charge on any atom is 0.408 e. The molecule has 0 radical (unpaired) electrons. The van der Waals surface area contributed by atoms with Gasteiger partial charge in [0.05, 0.1) is 18.3 Å². The molecule has 3 amide bonds. The van der Waals surface area contributed by atoms with Crippen LogP contribution in [-0.4, -0.2) is 78.4 Å². The summed E-state index contributed by atoms with van der Waals surface area (Å²) in [4.78, 5) is 38.3. The summed E-state index contributed by atoms with van der Waals surface area (Å²) in [5, 5.41) is 4.70. The van der Waals surface area contributed by atoms with Crippen molar-refractivity contribution in [3.63, 3.8) is 0 Å². The number of nitrogens with one attached hydrogen (secondary N) is 2. The highest BCUT2D eigenvalue weighted by Crippen LogP contribution is 2.41. The summed E-state index contributed by atoms with van der Waals surface area (Å²) in [6.07, 6.45) is -2.69. The van der Waals surface area contributed by atoms with Crippen molar-refractivity contribution in [2.75, 3.05) is 41.4 Å². The van der Waals surface area contributed by atoms with E-state index >= 15 is 0 Å². The quantitative estimate of drug-likeness (QED) is 0.546. The lowest BCUT2D eigenvalue weighted by Crippen LogP contribution is -2.49. The lowest BCUT2D eigenvalue weighted by Gasteiger charge is -2.36. The average Bonchev–Trinajstić information content (AvgIpc) is 3.44. The van der Waals surface area contributed by atoms with Crippen LogP contribution < -0.4 is 25.2 Å². The van der Waals surface area contributed by atoms with Gasteiger partial charge >= 0.3 is 12.2 Å². The molecule has 2 N–H and O–H groups in total. The van der Waals surface area contributed by atoms with Gasteiger partial charge in [-0.25, -0.2) is 14.8 Å². The van der Waals surface area contributed by atoms with Crippen molar-refractivity contribution in [1.29, 1.82) is 0 Å². The molecule has 14 heteroatoms. The smallest absolute Gasteiger partial charge is 0.408 e. The maximum atomic E-state index is 13.6. The molecule has 1 unspecified atom stereocenters. The van der Waals surface area contributed by atoms with Gasteiger partial charge in [-0.2, -0.15) is 13.2 Å². The Balaban J connectivity index is 1.34. The minimum Gasteiger partial charge on any atom is -0.491 e. The van der Waals surface area contributed by atoms with Crippen molar-refractivity contribution >= 4 is 29.3 Å². The molecular weight excluding hydrogens is 533 g/mol. The van der Waals surface area contributed by atoms with E-state index in [1.165, 1.54) is 17.2 Å². The van der Waals surface area contributed by atoms with E-state index in [2.05, 4.69) is 20.2 Å². The lowest BCUT2D eigenvalue weighted by atomic mass is 10.1. The number of amides is 3. The molecule has 40 heavy (non-hydrogen) atoms. The zero-order chi connectivity index (χ0) is 28.8. The SMILES string of the molecule is Cc1cc(C(=O)NC(C)C(F)(F)F)nc2c1N1CC[C@@H](C1)N2C(=O)Nc1cc(OC[C@H]2COC(C)(C)O2)ccn1. The monoisotopic (exact) mass is 564 g/mol. The van der Waals surface area contributed by atoms with Crippen molar-refractivity contribution < 1.29 is 37.0 Å². The number of ether oxygens (including phenoxy) is 3. The Morgan fingerprint density at radius 3 is 2.77 bits per heavy atom. The zero-order valence-corrected chi connectivity index (χ0v) is 22.5. The van der Waals surface area contributed by atoms with Crippen LogP contribution in [0.1, 0.15) is 43.2 Å². The second-order valence-electron chi connectivity index (χ2n) is 10.6. The molecule has 2 aromatic rings. The number of nitrogens with zero attached hydrogens (tertiary/aromatic N) is 4. The van der Waals surface area contributed by atoms with Gasteiger partial charge in [-0.3, -0.25) is 15.0 Å². The second-order valence-corrected chi connectivity index (χ2v) is 10.6. The molecule has 0 saturated carbocycles. The van der Waals surface area contributed by atoms with Crippen molar-refractivity contribution in [2.45, 2.75) is 64.3 Å². The normalized spacial score (nSPS) is 22.1. The van der Waals surface area contributed by atoms with E-state index in [9.17, 15) is 22.8 Å². The molecule has 11 nitrogen and oxygen atoms in total. The van der Waals surface area contributed by atoms with Gasteiger partial charge in [0.1, 0.15) is 36.0 Å². The Hall–Kier alpha value is -3.65. The molecule has 0 aliphatic carbocycles. The number of fused-ring (bicyclic) bond motifs is 4. The van der Waals surface area contributed by atoms with Gasteiger partial charge in [-0.15, -0.1) is 0 Å². The third-order valence-corrected chi connectivity index (χ3v) is 7.00. The summed E-state index contributed by atoms with van der Waals surface area (Å²) in [6, 6.07) is 1.84. The van der Waals surface area contributed by atoms with Crippen molar-refractivity contribution in [1.82, 2.24) is 15.3 Å². The van der Waals surface area contributed by atoms with Gasteiger partial charge < -0.3 is 24.4 Å². The molecule has 3 aliphatic heterocycles. The molecule has 216 valence electrons. The molecule has 3 aliphatic rings. The average molecular weight is 565 g/mol. The second kappa shape index (κ2) is 10.4. The summed E-state index contributed by atoms with van der Waals surface area (Å²) in [5.74, 6) is -0.732. The van der Waals surface area contributed by atoms with Crippen LogP contribution in [0.4, 0.5) is 35.3 Å². The molecular formula is C26H31F3N6O5. The number of anilines is 3. The number of carbonyl (C=O) groups excluding carboxylic acids is 2. The Morgan fingerprint density at radius 2 is 2.08 bits per heavy atom. The summed E-state index contributed by atoms with van der Waals surface area (Å²) in [6.45, 7) is 8.13. The molecule has 5 heterocycles. The van der Waals surface area contributed by atoms with Crippen LogP contribution in [0.5, 0.6) is 5.75 Å². The summed E-state index contributed by atoms with van der Waals surface area (Å²) in [7, 11) is 0. The number of carbonyl (C=O) groups is 2. The first-order valence-electron chi connectivity index (χ1n) is 13.0. The summed E-state index contributed by atoms with van der Waals surface area (Å²) < 4.78 is 56.2. The van der Waals surface area contributed by atoms with Crippen LogP contribution in [-0.2, 0) is 9.47 Å². The van der Waals surface area contributed by atoms with E-state index in [0.29, 0.717) is 43.1 Å². The Kier molecular flexibility index (Phi) is 7.25. The number of aryl methyl sites for hydroxylation is 1. The van der Waals surface area contributed by atoms with Crippen LogP contribution in [0.3, 0.4) is 0 Å². The minimum absolute atomic E-state index is 0.206. The molecule has 0 spiro atoms. The third-order valence-electron chi connectivity index (χ3n) is 7.00. The minimum atomic E-state index is -4.60. The van der Waals surface area contributed by atoms with Gasteiger partial charge in [-0.05, 0) is 51.8 Å². The Bertz CT molecular complexity index is 1310. The van der Waals surface area contributed by atoms with Crippen LogP contribution in [0.25, 0.3) is 0 Å². The van der Waals surface area contributed by atoms with Gasteiger partial charge in [0.15, 0.2) is 11.6 Å². The molecule has 5 rings (SSSR count). The van der Waals surface area contributed by atoms with Crippen LogP contribution in [0.2, 0.25) is 0 Å². The molecule has 2 fully saturated rings. The van der Waals surface area contributed by atoms with Crippen LogP contribution in [0, 0.1) is 6.92 Å². The number of hydrogen-bond donors (Lipinski definition) is 2. The number of urea groups is 1. The fourth-order valence-corrected chi connectivity index (χ4v) is 5.04. The number of halogens is 3. The number of hydrogen-bond acceptors (Lipinski definition) is 8. The molecule has 2 saturated heterocycles. The zero-order valence-electron chi connectivity index (χ0n) is 22.5.